The molecule has 6 heterocycles. The SMILES string of the molecule is Brc1ccccn1.C1=Cc2cc3ccc(cc4ccc(cc5nc(cc1n2)C=C5)[nH]4)[nH]3.[Sc]. The third-order valence-electron chi connectivity index (χ3n) is 4.67. The summed E-state index contributed by atoms with van der Waals surface area (Å²) in [5.41, 5.74) is 7.86. The van der Waals surface area contributed by atoms with E-state index in [1.807, 2.05) is 60.7 Å². The Morgan fingerprint density at radius 2 is 1.03 bits per heavy atom. The maximum absolute atomic E-state index is 4.62. The van der Waals surface area contributed by atoms with E-state index in [1.165, 1.54) is 0 Å². The van der Waals surface area contributed by atoms with Crippen LogP contribution in [-0.4, -0.2) is 24.9 Å². The van der Waals surface area contributed by atoms with Crippen LogP contribution in [0.2, 0.25) is 0 Å². The summed E-state index contributed by atoms with van der Waals surface area (Å²) in [6.45, 7) is 0. The van der Waals surface area contributed by atoms with E-state index >= 15 is 0 Å². The van der Waals surface area contributed by atoms with Gasteiger partial charge in [-0.2, -0.15) is 0 Å². The molecule has 6 rings (SSSR count). The van der Waals surface area contributed by atoms with Gasteiger partial charge in [0.15, 0.2) is 0 Å². The number of aromatic nitrogens is 5. The van der Waals surface area contributed by atoms with E-state index in [0.717, 1.165) is 49.4 Å². The minimum absolute atomic E-state index is 0. The van der Waals surface area contributed by atoms with Gasteiger partial charge in [0.25, 0.3) is 0 Å². The van der Waals surface area contributed by atoms with Crippen LogP contribution in [0.25, 0.3) is 46.4 Å². The van der Waals surface area contributed by atoms with Crippen LogP contribution in [0.1, 0.15) is 22.8 Å². The van der Waals surface area contributed by atoms with Crippen molar-refractivity contribution in [3.8, 4) is 0 Å². The Balaban J connectivity index is 0.000000265. The van der Waals surface area contributed by atoms with E-state index in [1.54, 1.807) is 6.20 Å². The zero-order valence-corrected chi connectivity index (χ0v) is 20.4. The minimum Gasteiger partial charge on any atom is -0.355 e. The molecule has 0 spiro atoms. The number of fused-ring (bicyclic) bond motifs is 8. The van der Waals surface area contributed by atoms with E-state index < -0.39 is 0 Å². The molecule has 8 bridgehead atoms. The smallest absolute Gasteiger partial charge is 0.106 e. The predicted octanol–water partition coefficient (Wildman–Crippen LogP) is 6.50. The number of H-pyrrole nitrogens is 2. The van der Waals surface area contributed by atoms with Crippen LogP contribution in [0, 0.1) is 0 Å². The summed E-state index contributed by atoms with van der Waals surface area (Å²) in [5, 5.41) is 0. The van der Waals surface area contributed by atoms with Crippen LogP contribution in [0.15, 0.2) is 77.5 Å². The van der Waals surface area contributed by atoms with Gasteiger partial charge in [-0.05, 0) is 101 Å². The largest absolute Gasteiger partial charge is 0.355 e. The van der Waals surface area contributed by atoms with Crippen molar-refractivity contribution in [1.29, 1.82) is 0 Å². The van der Waals surface area contributed by atoms with Crippen LogP contribution < -0.4 is 0 Å². The molecule has 0 unspecified atom stereocenters. The topological polar surface area (TPSA) is 70.2 Å². The van der Waals surface area contributed by atoms with Crippen molar-refractivity contribution in [1.82, 2.24) is 24.9 Å². The number of aromatic amines is 2. The van der Waals surface area contributed by atoms with Gasteiger partial charge < -0.3 is 9.97 Å². The van der Waals surface area contributed by atoms with Crippen molar-refractivity contribution in [2.75, 3.05) is 0 Å². The number of hydrogen-bond acceptors (Lipinski definition) is 3. The Labute approximate surface area is 212 Å². The first-order chi connectivity index (χ1) is 15.2. The zero-order chi connectivity index (χ0) is 21.0. The molecule has 0 aromatic carbocycles. The van der Waals surface area contributed by atoms with Gasteiger partial charge in [0.05, 0.1) is 22.8 Å². The summed E-state index contributed by atoms with van der Waals surface area (Å²) < 4.78 is 0.884. The Morgan fingerprint density at radius 1 is 0.562 bits per heavy atom. The zero-order valence-electron chi connectivity index (χ0n) is 17.0. The number of rotatable bonds is 0. The molecule has 0 saturated heterocycles. The van der Waals surface area contributed by atoms with E-state index in [4.69, 9.17) is 0 Å². The number of nitrogens with one attached hydrogen (secondary N) is 2. The molecule has 0 aliphatic carbocycles. The van der Waals surface area contributed by atoms with Crippen molar-refractivity contribution in [3.05, 3.63) is 100 Å². The van der Waals surface area contributed by atoms with Gasteiger partial charge in [-0.25, -0.2) is 15.0 Å². The Hall–Kier alpha value is -2.90. The fraction of sp³-hybridized carbons (Fsp3) is 0. The Kier molecular flexibility index (Phi) is 7.07. The van der Waals surface area contributed by atoms with E-state index in [2.05, 4.69) is 71.2 Å². The van der Waals surface area contributed by atoms with Crippen LogP contribution >= 0.6 is 15.9 Å². The molecule has 2 aliphatic heterocycles. The summed E-state index contributed by atoms with van der Waals surface area (Å²) in [7, 11) is 0. The number of hydrogen-bond donors (Lipinski definition) is 2. The molecule has 32 heavy (non-hydrogen) atoms. The third-order valence-corrected chi connectivity index (χ3v) is 5.14. The average molecular weight is 513 g/mol. The van der Waals surface area contributed by atoms with E-state index in [9.17, 15) is 0 Å². The molecule has 0 saturated carbocycles. The molecule has 153 valence electrons. The van der Waals surface area contributed by atoms with Gasteiger partial charge in [0.2, 0.25) is 0 Å². The number of nitrogens with zero attached hydrogens (tertiary/aromatic N) is 3. The molecular weight excluding hydrogens is 495 g/mol. The van der Waals surface area contributed by atoms with Gasteiger partial charge >= 0.3 is 0 Å². The molecule has 4 aromatic heterocycles. The quantitative estimate of drug-likeness (QED) is 0.228. The first-order valence-electron chi connectivity index (χ1n) is 9.81. The van der Waals surface area contributed by atoms with E-state index in [0.29, 0.717) is 0 Å². The molecule has 4 aromatic rings. The first kappa shape index (κ1) is 22.3. The second kappa shape index (κ2) is 10.1. The van der Waals surface area contributed by atoms with Crippen LogP contribution in [0.3, 0.4) is 0 Å². The molecule has 2 N–H and O–H groups in total. The number of halogens is 1. The van der Waals surface area contributed by atoms with Gasteiger partial charge in [0.1, 0.15) is 4.60 Å². The first-order valence-corrected chi connectivity index (χ1v) is 10.6. The minimum atomic E-state index is 0. The van der Waals surface area contributed by atoms with Crippen molar-refractivity contribution >= 4 is 62.3 Å². The molecule has 1 radical (unpaired) electrons. The normalized spacial score (nSPS) is 11.4. The molecule has 7 heteroatoms. The summed E-state index contributed by atoms with van der Waals surface area (Å²) >= 11 is 3.20. The van der Waals surface area contributed by atoms with Crippen molar-refractivity contribution < 1.29 is 25.8 Å². The van der Waals surface area contributed by atoms with Crippen LogP contribution in [-0.2, 0) is 25.8 Å². The second-order valence-corrected chi connectivity index (χ2v) is 7.87. The van der Waals surface area contributed by atoms with E-state index in [-0.39, 0.29) is 25.8 Å². The average Bonchev–Trinajstić information content (AvgIpc) is 3.55. The molecule has 0 atom stereocenters. The summed E-state index contributed by atoms with van der Waals surface area (Å²) in [4.78, 5) is 19.9. The molecule has 0 amide bonds. The monoisotopic (exact) mass is 512 g/mol. The van der Waals surface area contributed by atoms with Gasteiger partial charge in [0, 0.05) is 54.1 Å². The third kappa shape index (κ3) is 5.66. The van der Waals surface area contributed by atoms with Gasteiger partial charge in [-0.3, -0.25) is 0 Å². The Morgan fingerprint density at radius 3 is 1.44 bits per heavy atom. The van der Waals surface area contributed by atoms with Crippen molar-refractivity contribution in [2.45, 2.75) is 0 Å². The van der Waals surface area contributed by atoms with Gasteiger partial charge in [-0.15, -0.1) is 0 Å². The number of pyridine rings is 1. The van der Waals surface area contributed by atoms with Crippen LogP contribution in [0.5, 0.6) is 0 Å². The molecular formula is C25H18BrN5Sc. The maximum Gasteiger partial charge on any atom is 0.106 e. The molecule has 2 aliphatic rings. The fourth-order valence-electron chi connectivity index (χ4n) is 3.29. The summed E-state index contributed by atoms with van der Waals surface area (Å²) in [6.07, 6.45) is 9.79. The summed E-state index contributed by atoms with van der Waals surface area (Å²) in [6, 6.07) is 22.1. The predicted molar refractivity (Wildman–Crippen MR) is 131 cm³/mol. The Bertz CT molecular complexity index is 1360. The van der Waals surface area contributed by atoms with Crippen molar-refractivity contribution in [2.24, 2.45) is 0 Å². The second-order valence-electron chi connectivity index (χ2n) is 7.06. The fourth-order valence-corrected chi connectivity index (χ4v) is 3.56. The van der Waals surface area contributed by atoms with Crippen molar-refractivity contribution in [3.63, 3.8) is 0 Å². The standard InChI is InChI=1S/C20H14N4.C5H4BrN.Sc/c1-2-14-10-16-5-6-18(23-16)12-20-8-7-19(24-20)11-17-4-3-15(22-17)9-13(1)21-14;6-5-3-1-2-4-7-5;/h1-12,21-22H;1-4H;. The molecule has 0 fully saturated rings. The maximum atomic E-state index is 4.62. The molecule has 5 nitrogen and oxygen atoms in total. The summed E-state index contributed by atoms with van der Waals surface area (Å²) in [5.74, 6) is 0. The van der Waals surface area contributed by atoms with Gasteiger partial charge in [-0.1, -0.05) is 6.07 Å². The van der Waals surface area contributed by atoms with Crippen LogP contribution in [0.4, 0.5) is 0 Å².